The highest BCUT2D eigenvalue weighted by atomic mass is 79.9. The Hall–Kier alpha value is -1.36. The molecule has 0 spiro atoms. The first kappa shape index (κ1) is 15.5. The minimum Gasteiger partial charge on any atom is -0.325 e. The Morgan fingerprint density at radius 2 is 1.77 bits per heavy atom. The van der Waals surface area contributed by atoms with E-state index in [1.807, 2.05) is 12.1 Å². The van der Waals surface area contributed by atoms with E-state index in [4.69, 9.17) is 0 Å². The highest BCUT2D eigenvalue weighted by Crippen LogP contribution is 2.50. The Labute approximate surface area is 139 Å². The van der Waals surface area contributed by atoms with Gasteiger partial charge in [-0.1, -0.05) is 15.9 Å². The van der Waals surface area contributed by atoms with Crippen LogP contribution >= 0.6 is 15.9 Å². The molecule has 0 heterocycles. The number of amides is 2. The van der Waals surface area contributed by atoms with Gasteiger partial charge in [-0.3, -0.25) is 9.59 Å². The van der Waals surface area contributed by atoms with Crippen LogP contribution in [0.15, 0.2) is 22.7 Å². The van der Waals surface area contributed by atoms with Gasteiger partial charge in [0.2, 0.25) is 11.8 Å². The molecule has 0 atom stereocenters. The Kier molecular flexibility index (Phi) is 4.52. The van der Waals surface area contributed by atoms with Gasteiger partial charge in [-0.25, -0.2) is 0 Å². The maximum Gasteiger partial charge on any atom is 0.224 e. The minimum absolute atomic E-state index is 0.0495. The van der Waals surface area contributed by atoms with Crippen LogP contribution in [-0.2, 0) is 9.59 Å². The molecule has 4 nitrogen and oxygen atoms in total. The zero-order valence-corrected chi connectivity index (χ0v) is 14.3. The molecule has 1 aromatic rings. The first-order valence-electron chi connectivity index (χ1n) is 7.90. The van der Waals surface area contributed by atoms with E-state index in [0.29, 0.717) is 23.7 Å². The number of carbonyl (C=O) groups excluding carboxylic acids is 2. The van der Waals surface area contributed by atoms with Crippen LogP contribution in [0.5, 0.6) is 0 Å². The van der Waals surface area contributed by atoms with E-state index in [1.54, 1.807) is 6.07 Å². The average Bonchev–Trinajstić information content (AvgIpc) is 3.32. The van der Waals surface area contributed by atoms with Gasteiger partial charge in [-0.15, -0.1) is 0 Å². The minimum atomic E-state index is -0.147. The molecular formula is C17H21BrN2O2. The molecule has 0 aliphatic heterocycles. The molecule has 2 N–H and O–H groups in total. The van der Waals surface area contributed by atoms with Crippen molar-refractivity contribution in [1.82, 2.24) is 0 Å². The zero-order valence-electron chi connectivity index (χ0n) is 12.7. The molecule has 2 aliphatic carbocycles. The molecule has 0 unspecified atom stereocenters. The third kappa shape index (κ3) is 4.09. The smallest absolute Gasteiger partial charge is 0.224 e. The lowest BCUT2D eigenvalue weighted by Gasteiger charge is -2.16. The number of rotatable bonds is 6. The van der Waals surface area contributed by atoms with E-state index in [0.717, 1.165) is 16.3 Å². The van der Waals surface area contributed by atoms with E-state index in [-0.39, 0.29) is 11.8 Å². The predicted molar refractivity (Wildman–Crippen MR) is 90.6 cm³/mol. The van der Waals surface area contributed by atoms with Crippen molar-refractivity contribution in [3.8, 4) is 0 Å². The van der Waals surface area contributed by atoms with E-state index < -0.39 is 0 Å². The van der Waals surface area contributed by atoms with Crippen molar-refractivity contribution in [3.63, 3.8) is 0 Å². The van der Waals surface area contributed by atoms with Crippen LogP contribution in [0.3, 0.4) is 0 Å². The fourth-order valence-electron chi connectivity index (χ4n) is 3.10. The number of halogens is 1. The molecule has 2 amide bonds. The van der Waals surface area contributed by atoms with Gasteiger partial charge >= 0.3 is 0 Å². The number of carbonyl (C=O) groups is 2. The summed E-state index contributed by atoms with van der Waals surface area (Å²) in [6, 6.07) is 5.46. The quantitative estimate of drug-likeness (QED) is 0.795. The summed E-state index contributed by atoms with van der Waals surface area (Å²) < 4.78 is 0.873. The normalized spacial score (nSPS) is 17.4. The zero-order chi connectivity index (χ0) is 15.7. The molecule has 0 bridgehead atoms. The molecule has 2 fully saturated rings. The monoisotopic (exact) mass is 364 g/mol. The van der Waals surface area contributed by atoms with E-state index in [2.05, 4.69) is 26.6 Å². The predicted octanol–water partition coefficient (Wildman–Crippen LogP) is 4.17. The standard InChI is InChI=1S/C17H21BrN2O2/c1-10(21)19-15-7-6-13(18)8-16(15)20-17(22)9-14(11-2-3-11)12-4-5-12/h6-8,11-12,14H,2-5,9H2,1H3,(H,19,21)(H,20,22). The van der Waals surface area contributed by atoms with Crippen molar-refractivity contribution in [3.05, 3.63) is 22.7 Å². The van der Waals surface area contributed by atoms with Crippen molar-refractivity contribution >= 4 is 39.1 Å². The number of hydrogen-bond acceptors (Lipinski definition) is 2. The van der Waals surface area contributed by atoms with Gasteiger partial charge in [-0.05, 0) is 61.6 Å². The second-order valence-electron chi connectivity index (χ2n) is 6.46. The Morgan fingerprint density at radius 3 is 2.32 bits per heavy atom. The van der Waals surface area contributed by atoms with E-state index in [9.17, 15) is 9.59 Å². The summed E-state index contributed by atoms with van der Waals surface area (Å²) >= 11 is 3.41. The van der Waals surface area contributed by atoms with Crippen LogP contribution in [0.1, 0.15) is 39.0 Å². The molecule has 0 saturated heterocycles. The van der Waals surface area contributed by atoms with E-state index >= 15 is 0 Å². The first-order chi connectivity index (χ1) is 10.5. The highest BCUT2D eigenvalue weighted by molar-refractivity contribution is 9.10. The molecule has 0 radical (unpaired) electrons. The van der Waals surface area contributed by atoms with Crippen molar-refractivity contribution in [2.24, 2.45) is 17.8 Å². The number of nitrogens with one attached hydrogen (secondary N) is 2. The van der Waals surface area contributed by atoms with Gasteiger partial charge in [0.05, 0.1) is 11.4 Å². The molecule has 3 rings (SSSR count). The average molecular weight is 365 g/mol. The van der Waals surface area contributed by atoms with Crippen LogP contribution in [0.2, 0.25) is 0 Å². The van der Waals surface area contributed by atoms with Crippen LogP contribution in [-0.4, -0.2) is 11.8 Å². The summed E-state index contributed by atoms with van der Waals surface area (Å²) in [5.41, 5.74) is 1.29. The largest absolute Gasteiger partial charge is 0.325 e. The molecule has 22 heavy (non-hydrogen) atoms. The molecule has 1 aromatic carbocycles. The number of anilines is 2. The van der Waals surface area contributed by atoms with Crippen molar-refractivity contribution in [2.45, 2.75) is 39.0 Å². The lowest BCUT2D eigenvalue weighted by Crippen LogP contribution is -2.20. The lowest BCUT2D eigenvalue weighted by molar-refractivity contribution is -0.117. The van der Waals surface area contributed by atoms with Gasteiger partial charge in [-0.2, -0.15) is 0 Å². The van der Waals surface area contributed by atoms with Gasteiger partial charge in [0.25, 0.3) is 0 Å². The van der Waals surface area contributed by atoms with Gasteiger partial charge in [0.15, 0.2) is 0 Å². The molecular weight excluding hydrogens is 344 g/mol. The molecule has 2 aliphatic rings. The topological polar surface area (TPSA) is 58.2 Å². The second-order valence-corrected chi connectivity index (χ2v) is 7.38. The third-order valence-electron chi connectivity index (χ3n) is 4.44. The van der Waals surface area contributed by atoms with Crippen molar-refractivity contribution in [2.75, 3.05) is 10.6 Å². The summed E-state index contributed by atoms with van der Waals surface area (Å²) in [5.74, 6) is 1.97. The van der Waals surface area contributed by atoms with Crippen molar-refractivity contribution < 1.29 is 9.59 Å². The molecule has 2 saturated carbocycles. The highest BCUT2D eigenvalue weighted by Gasteiger charge is 2.42. The summed E-state index contributed by atoms with van der Waals surface area (Å²) in [7, 11) is 0. The van der Waals surface area contributed by atoms with E-state index in [1.165, 1.54) is 32.6 Å². The maximum atomic E-state index is 12.4. The summed E-state index contributed by atoms with van der Waals surface area (Å²) in [6.07, 6.45) is 5.72. The van der Waals surface area contributed by atoms with Gasteiger partial charge in [0.1, 0.15) is 0 Å². The van der Waals surface area contributed by atoms with Crippen LogP contribution in [0, 0.1) is 17.8 Å². The fourth-order valence-corrected chi connectivity index (χ4v) is 3.46. The Balaban J connectivity index is 1.67. The third-order valence-corrected chi connectivity index (χ3v) is 4.94. The second kappa shape index (κ2) is 6.41. The lowest BCUT2D eigenvalue weighted by atomic mass is 9.94. The molecule has 5 heteroatoms. The maximum absolute atomic E-state index is 12.4. The molecule has 0 aromatic heterocycles. The van der Waals surface area contributed by atoms with Crippen LogP contribution < -0.4 is 10.6 Å². The van der Waals surface area contributed by atoms with Crippen LogP contribution in [0.4, 0.5) is 11.4 Å². The first-order valence-corrected chi connectivity index (χ1v) is 8.69. The number of benzene rings is 1. The fraction of sp³-hybridized carbons (Fsp3) is 0.529. The van der Waals surface area contributed by atoms with Gasteiger partial charge in [0, 0.05) is 17.8 Å². The Morgan fingerprint density at radius 1 is 1.14 bits per heavy atom. The summed E-state index contributed by atoms with van der Waals surface area (Å²) in [6.45, 7) is 1.46. The van der Waals surface area contributed by atoms with Gasteiger partial charge < -0.3 is 10.6 Å². The summed E-state index contributed by atoms with van der Waals surface area (Å²) in [5, 5.41) is 5.72. The van der Waals surface area contributed by atoms with Crippen LogP contribution in [0.25, 0.3) is 0 Å². The summed E-state index contributed by atoms with van der Waals surface area (Å²) in [4.78, 5) is 23.7. The number of hydrogen-bond donors (Lipinski definition) is 2. The molecule has 118 valence electrons. The Bertz CT molecular complexity index is 582. The SMILES string of the molecule is CC(=O)Nc1ccc(Br)cc1NC(=O)CC(C1CC1)C1CC1. The van der Waals surface area contributed by atoms with Crippen molar-refractivity contribution in [1.29, 1.82) is 0 Å².